The smallest absolute Gasteiger partial charge is 0.272 e. The predicted molar refractivity (Wildman–Crippen MR) is 75.7 cm³/mol. The van der Waals surface area contributed by atoms with Gasteiger partial charge in [0.1, 0.15) is 0 Å². The van der Waals surface area contributed by atoms with E-state index in [1.165, 1.54) is 18.2 Å². The van der Waals surface area contributed by atoms with E-state index < -0.39 is 11.0 Å². The van der Waals surface area contributed by atoms with Crippen LogP contribution in [0.15, 0.2) is 18.2 Å². The predicted octanol–water partition coefficient (Wildman–Crippen LogP) is 2.13. The molecule has 1 rings (SSSR count). The molecule has 0 radical (unpaired) electrons. The molecule has 0 fully saturated rings. The molecular formula is C14H20N2O4. The van der Waals surface area contributed by atoms with E-state index in [2.05, 4.69) is 0 Å². The summed E-state index contributed by atoms with van der Waals surface area (Å²) in [6.07, 6.45) is -0.625. The average molecular weight is 280 g/mol. The van der Waals surface area contributed by atoms with Crippen LogP contribution in [0.1, 0.15) is 36.7 Å². The normalized spacial score (nSPS) is 12.3. The Bertz CT molecular complexity index is 512. The molecule has 0 aromatic heterocycles. The third-order valence-electron chi connectivity index (χ3n) is 2.99. The number of aliphatic hydroxyl groups is 1. The van der Waals surface area contributed by atoms with Crippen LogP contribution in [0.2, 0.25) is 0 Å². The van der Waals surface area contributed by atoms with E-state index in [0.29, 0.717) is 11.1 Å². The number of aliphatic hydroxyl groups excluding tert-OH is 1. The highest BCUT2D eigenvalue weighted by atomic mass is 16.6. The Kier molecular flexibility index (Phi) is 5.21. The molecule has 0 aliphatic carbocycles. The number of nitrogens with zero attached hydrogens (tertiary/aromatic N) is 2. The molecule has 0 aliphatic heterocycles. The van der Waals surface area contributed by atoms with Crippen LogP contribution in [0.4, 0.5) is 5.69 Å². The van der Waals surface area contributed by atoms with Crippen molar-refractivity contribution in [3.63, 3.8) is 0 Å². The molecule has 1 amide bonds. The molecule has 0 spiro atoms. The number of aryl methyl sites for hydroxylation is 1. The minimum absolute atomic E-state index is 0.00632. The highest BCUT2D eigenvalue weighted by Gasteiger charge is 2.22. The summed E-state index contributed by atoms with van der Waals surface area (Å²) in [5.74, 6) is -0.237. The lowest BCUT2D eigenvalue weighted by Crippen LogP contribution is -2.41. The number of hydrogen-bond donors (Lipinski definition) is 1. The van der Waals surface area contributed by atoms with Crippen molar-refractivity contribution in [2.45, 2.75) is 39.8 Å². The minimum atomic E-state index is -0.625. The number of amides is 1. The van der Waals surface area contributed by atoms with Crippen molar-refractivity contribution < 1.29 is 14.8 Å². The molecule has 1 aromatic rings. The van der Waals surface area contributed by atoms with E-state index in [1.807, 2.05) is 13.8 Å². The van der Waals surface area contributed by atoms with E-state index in [9.17, 15) is 20.0 Å². The number of carbonyl (C=O) groups is 1. The maximum atomic E-state index is 12.4. The summed E-state index contributed by atoms with van der Waals surface area (Å²) >= 11 is 0. The number of rotatable bonds is 5. The van der Waals surface area contributed by atoms with E-state index in [-0.39, 0.29) is 24.2 Å². The van der Waals surface area contributed by atoms with Gasteiger partial charge in [-0.1, -0.05) is 0 Å². The zero-order chi connectivity index (χ0) is 15.4. The molecule has 110 valence electrons. The molecule has 0 saturated carbocycles. The van der Waals surface area contributed by atoms with Crippen LogP contribution in [-0.2, 0) is 0 Å². The van der Waals surface area contributed by atoms with E-state index in [0.717, 1.165) is 0 Å². The van der Waals surface area contributed by atoms with Crippen molar-refractivity contribution in [3.8, 4) is 0 Å². The summed E-state index contributed by atoms with van der Waals surface area (Å²) in [4.78, 5) is 24.2. The number of nitro benzene ring substituents is 1. The molecule has 0 saturated heterocycles. The van der Waals surface area contributed by atoms with Crippen molar-refractivity contribution in [3.05, 3.63) is 39.4 Å². The molecule has 0 aliphatic rings. The first-order chi connectivity index (χ1) is 9.23. The van der Waals surface area contributed by atoms with Crippen molar-refractivity contribution in [2.75, 3.05) is 6.54 Å². The summed E-state index contributed by atoms with van der Waals surface area (Å²) in [6.45, 7) is 7.16. The van der Waals surface area contributed by atoms with Crippen LogP contribution < -0.4 is 0 Å². The first-order valence-corrected chi connectivity index (χ1v) is 6.48. The van der Waals surface area contributed by atoms with Crippen LogP contribution in [0, 0.1) is 17.0 Å². The molecule has 1 N–H and O–H groups in total. The second-order valence-electron chi connectivity index (χ2n) is 5.16. The third-order valence-corrected chi connectivity index (χ3v) is 2.99. The van der Waals surface area contributed by atoms with Crippen LogP contribution >= 0.6 is 0 Å². The molecule has 1 atom stereocenters. The van der Waals surface area contributed by atoms with Gasteiger partial charge in [0.15, 0.2) is 0 Å². The maximum absolute atomic E-state index is 12.4. The number of carbonyl (C=O) groups excluding carboxylic acids is 1. The third kappa shape index (κ3) is 3.77. The highest BCUT2D eigenvalue weighted by molar-refractivity contribution is 5.95. The van der Waals surface area contributed by atoms with Gasteiger partial charge in [-0.2, -0.15) is 0 Å². The van der Waals surface area contributed by atoms with Gasteiger partial charge in [0.05, 0.1) is 11.0 Å². The van der Waals surface area contributed by atoms with Gasteiger partial charge in [-0.3, -0.25) is 14.9 Å². The maximum Gasteiger partial charge on any atom is 0.272 e. The topological polar surface area (TPSA) is 83.7 Å². The highest BCUT2D eigenvalue weighted by Crippen LogP contribution is 2.20. The van der Waals surface area contributed by atoms with Gasteiger partial charge in [-0.15, -0.1) is 0 Å². The lowest BCUT2D eigenvalue weighted by atomic mass is 10.1. The standard InChI is InChI=1S/C14H20N2O4/c1-9(2)15(8-11(4)17)14(18)12-5-6-13(16(19)20)10(3)7-12/h5-7,9,11,17H,8H2,1-4H3. The quantitative estimate of drug-likeness (QED) is 0.661. The Morgan fingerprint density at radius 3 is 2.40 bits per heavy atom. The fourth-order valence-corrected chi connectivity index (χ4v) is 1.97. The fourth-order valence-electron chi connectivity index (χ4n) is 1.97. The zero-order valence-corrected chi connectivity index (χ0v) is 12.2. The van der Waals surface area contributed by atoms with Crippen molar-refractivity contribution in [2.24, 2.45) is 0 Å². The van der Waals surface area contributed by atoms with Crippen molar-refractivity contribution in [1.29, 1.82) is 0 Å². The van der Waals surface area contributed by atoms with Crippen LogP contribution in [0.25, 0.3) is 0 Å². The Morgan fingerprint density at radius 2 is 2.00 bits per heavy atom. The second kappa shape index (κ2) is 6.47. The lowest BCUT2D eigenvalue weighted by Gasteiger charge is -2.28. The Hall–Kier alpha value is -1.95. The van der Waals surface area contributed by atoms with Gasteiger partial charge in [-0.25, -0.2) is 0 Å². The monoisotopic (exact) mass is 280 g/mol. The van der Waals surface area contributed by atoms with Gasteiger partial charge >= 0.3 is 0 Å². The first kappa shape index (κ1) is 16.1. The van der Waals surface area contributed by atoms with E-state index in [4.69, 9.17) is 0 Å². The van der Waals surface area contributed by atoms with E-state index in [1.54, 1.807) is 18.7 Å². The van der Waals surface area contributed by atoms with Gasteiger partial charge in [-0.05, 0) is 39.8 Å². The summed E-state index contributed by atoms with van der Waals surface area (Å²) < 4.78 is 0. The first-order valence-electron chi connectivity index (χ1n) is 6.48. The lowest BCUT2D eigenvalue weighted by molar-refractivity contribution is -0.385. The van der Waals surface area contributed by atoms with Crippen molar-refractivity contribution >= 4 is 11.6 Å². The second-order valence-corrected chi connectivity index (χ2v) is 5.16. The Balaban J connectivity index is 3.06. The molecule has 0 bridgehead atoms. The number of nitro groups is 1. The Labute approximate surface area is 118 Å². The van der Waals surface area contributed by atoms with Crippen LogP contribution in [0.5, 0.6) is 0 Å². The zero-order valence-electron chi connectivity index (χ0n) is 12.2. The summed E-state index contributed by atoms with van der Waals surface area (Å²) in [6, 6.07) is 4.24. The van der Waals surface area contributed by atoms with Gasteiger partial charge in [0.2, 0.25) is 0 Å². The van der Waals surface area contributed by atoms with Gasteiger partial charge < -0.3 is 10.0 Å². The van der Waals surface area contributed by atoms with Crippen LogP contribution in [-0.4, -0.2) is 39.5 Å². The summed E-state index contributed by atoms with van der Waals surface area (Å²) in [5.41, 5.74) is 0.831. The Morgan fingerprint density at radius 1 is 1.40 bits per heavy atom. The van der Waals surface area contributed by atoms with E-state index >= 15 is 0 Å². The van der Waals surface area contributed by atoms with Gasteiger partial charge in [0.25, 0.3) is 11.6 Å². The summed E-state index contributed by atoms with van der Waals surface area (Å²) in [5, 5.41) is 20.2. The molecule has 1 aromatic carbocycles. The van der Waals surface area contributed by atoms with Crippen molar-refractivity contribution in [1.82, 2.24) is 4.90 Å². The molecule has 1 unspecified atom stereocenters. The SMILES string of the molecule is Cc1cc(C(=O)N(CC(C)O)C(C)C)ccc1[N+](=O)[O-]. The molecule has 20 heavy (non-hydrogen) atoms. The van der Waals surface area contributed by atoms with Gasteiger partial charge in [0, 0.05) is 29.8 Å². The fraction of sp³-hybridized carbons (Fsp3) is 0.500. The summed E-state index contributed by atoms with van der Waals surface area (Å²) in [7, 11) is 0. The minimum Gasteiger partial charge on any atom is -0.392 e. The molecular weight excluding hydrogens is 260 g/mol. The number of hydrogen-bond acceptors (Lipinski definition) is 4. The van der Waals surface area contributed by atoms with Crippen LogP contribution in [0.3, 0.4) is 0 Å². The largest absolute Gasteiger partial charge is 0.392 e. The molecule has 6 heteroatoms. The number of benzene rings is 1. The molecule has 6 nitrogen and oxygen atoms in total. The average Bonchev–Trinajstić information content (AvgIpc) is 2.34. The molecule has 0 heterocycles.